The van der Waals surface area contributed by atoms with E-state index in [-0.39, 0.29) is 37.5 Å². The fraction of sp³-hybridized carbons (Fsp3) is 0.333. The average Bonchev–Trinajstić information content (AvgIpc) is 3.51. The third-order valence-electron chi connectivity index (χ3n) is 6.39. The number of nitrogens with zero attached hydrogens (tertiary/aromatic N) is 4. The van der Waals surface area contributed by atoms with Crippen molar-refractivity contribution < 1.29 is 32.6 Å². The van der Waals surface area contributed by atoms with Crippen LogP contribution in [0.3, 0.4) is 0 Å². The molecule has 182 valence electrons. The van der Waals surface area contributed by atoms with Crippen molar-refractivity contribution >= 4 is 12.4 Å². The minimum Gasteiger partial charge on any atom is -0.468 e. The van der Waals surface area contributed by atoms with E-state index < -0.39 is 17.7 Å². The Morgan fingerprint density at radius 3 is 2.80 bits per heavy atom. The van der Waals surface area contributed by atoms with Gasteiger partial charge in [-0.1, -0.05) is 11.3 Å². The van der Waals surface area contributed by atoms with Gasteiger partial charge in [0.15, 0.2) is 28.8 Å². The normalized spacial score (nSPS) is 18.1. The van der Waals surface area contributed by atoms with Crippen LogP contribution in [0.25, 0.3) is 0 Å². The van der Waals surface area contributed by atoms with Crippen LogP contribution < -0.4 is 9.47 Å². The molecule has 0 fully saturated rings. The molecule has 0 saturated carbocycles. The maximum atomic E-state index is 13.5. The van der Waals surface area contributed by atoms with Crippen molar-refractivity contribution in [3.63, 3.8) is 0 Å². The molecule has 11 heteroatoms. The Balaban J connectivity index is 1.40. The van der Waals surface area contributed by atoms with E-state index in [9.17, 15) is 18.4 Å². The van der Waals surface area contributed by atoms with E-state index >= 15 is 0 Å². The number of hydrogen-bond donors (Lipinski definition) is 0. The number of halogens is 2. The van der Waals surface area contributed by atoms with Crippen molar-refractivity contribution in [2.45, 2.75) is 25.4 Å². The number of carbonyl (C=O) groups is 2. The summed E-state index contributed by atoms with van der Waals surface area (Å²) in [6.45, 7) is 0.809. The molecule has 0 spiro atoms. The number of fused-ring (bicyclic) bond motifs is 2. The molecule has 0 saturated heterocycles. The number of hydrogen-bond acceptors (Lipinski definition) is 7. The van der Waals surface area contributed by atoms with Crippen molar-refractivity contribution in [3.8, 4) is 11.5 Å². The number of aryl methyl sites for hydroxylation is 1. The maximum Gasteiger partial charge on any atom is 0.293 e. The first-order valence-electron chi connectivity index (χ1n) is 11.0. The Kier molecular flexibility index (Phi) is 6.06. The van der Waals surface area contributed by atoms with E-state index in [1.165, 1.54) is 16.9 Å². The number of rotatable bonds is 7. The fourth-order valence-electron chi connectivity index (χ4n) is 4.71. The van der Waals surface area contributed by atoms with Crippen LogP contribution in [0.1, 0.15) is 39.6 Å². The van der Waals surface area contributed by atoms with Gasteiger partial charge in [0.05, 0.1) is 25.4 Å². The fourth-order valence-corrected chi connectivity index (χ4v) is 4.71. The summed E-state index contributed by atoms with van der Waals surface area (Å²) in [5.41, 5.74) is 2.50. The number of ether oxygens (including phenoxy) is 3. The minimum atomic E-state index is -0.959. The summed E-state index contributed by atoms with van der Waals surface area (Å²) in [5, 5.41) is 7.96. The number of benzene rings is 2. The molecule has 2 aliphatic rings. The maximum absolute atomic E-state index is 13.5. The van der Waals surface area contributed by atoms with Gasteiger partial charge in [-0.05, 0) is 53.8 Å². The molecule has 1 aromatic heterocycles. The largest absolute Gasteiger partial charge is 0.468 e. The van der Waals surface area contributed by atoms with Gasteiger partial charge in [-0.25, -0.2) is 13.5 Å². The summed E-state index contributed by atoms with van der Waals surface area (Å²) in [6, 6.07) is 6.95. The van der Waals surface area contributed by atoms with Crippen LogP contribution in [0.4, 0.5) is 8.78 Å². The lowest BCUT2D eigenvalue weighted by Gasteiger charge is -2.38. The molecule has 1 aliphatic heterocycles. The lowest BCUT2D eigenvalue weighted by molar-refractivity contribution is -0.130. The van der Waals surface area contributed by atoms with Crippen molar-refractivity contribution in [2.75, 3.05) is 20.4 Å². The van der Waals surface area contributed by atoms with Crippen LogP contribution in [0, 0.1) is 17.6 Å². The molecule has 35 heavy (non-hydrogen) atoms. The van der Waals surface area contributed by atoms with Gasteiger partial charge in [0.1, 0.15) is 0 Å². The quantitative estimate of drug-likeness (QED) is 0.476. The lowest BCUT2D eigenvalue weighted by Crippen LogP contribution is -2.40. The molecule has 0 N–H and O–H groups in total. The highest BCUT2D eigenvalue weighted by Gasteiger charge is 2.37. The standard InChI is InChI=1S/C24H22F2N4O5/c1-29(24(32)20-10-30(28-27-20)9-14-2-5-18(25)19(26)6-14)23-16(11-33-12-31)4-3-15-7-21-22(8-17(15)23)35-13-34-21/h2,5-8,10,12,16,23H,3-4,9,11,13H2,1H3/t16-,23?/m1/s1. The third-order valence-corrected chi connectivity index (χ3v) is 6.39. The van der Waals surface area contributed by atoms with Crippen LogP contribution >= 0.6 is 0 Å². The lowest BCUT2D eigenvalue weighted by atomic mass is 9.79. The second-order valence-corrected chi connectivity index (χ2v) is 8.54. The smallest absolute Gasteiger partial charge is 0.293 e. The molecule has 1 unspecified atom stereocenters. The van der Waals surface area contributed by atoms with Gasteiger partial charge in [-0.3, -0.25) is 9.59 Å². The summed E-state index contributed by atoms with van der Waals surface area (Å²) in [4.78, 5) is 25.8. The molecule has 9 nitrogen and oxygen atoms in total. The molecule has 2 aromatic carbocycles. The Hall–Kier alpha value is -4.02. The van der Waals surface area contributed by atoms with E-state index in [0.29, 0.717) is 30.0 Å². The average molecular weight is 484 g/mol. The Bertz CT molecular complexity index is 1280. The number of amides is 1. The summed E-state index contributed by atoms with van der Waals surface area (Å²) < 4.78 is 44.2. The second kappa shape index (κ2) is 9.32. The van der Waals surface area contributed by atoms with Gasteiger partial charge in [0.25, 0.3) is 12.4 Å². The summed E-state index contributed by atoms with van der Waals surface area (Å²) in [6.07, 6.45) is 2.90. The van der Waals surface area contributed by atoms with Crippen molar-refractivity contribution in [1.82, 2.24) is 19.9 Å². The van der Waals surface area contributed by atoms with E-state index in [1.54, 1.807) is 11.9 Å². The molecular weight excluding hydrogens is 462 g/mol. The molecule has 3 aromatic rings. The van der Waals surface area contributed by atoms with Gasteiger partial charge < -0.3 is 19.1 Å². The zero-order valence-electron chi connectivity index (χ0n) is 18.8. The minimum absolute atomic E-state index is 0.0954. The zero-order chi connectivity index (χ0) is 24.5. The molecular formula is C24H22F2N4O5. The van der Waals surface area contributed by atoms with E-state index in [1.807, 2.05) is 12.1 Å². The van der Waals surface area contributed by atoms with Crippen LogP contribution in [-0.4, -0.2) is 52.7 Å². The van der Waals surface area contributed by atoms with E-state index in [2.05, 4.69) is 10.3 Å². The molecule has 0 radical (unpaired) electrons. The van der Waals surface area contributed by atoms with Crippen LogP contribution in [0.5, 0.6) is 11.5 Å². The van der Waals surface area contributed by atoms with Crippen molar-refractivity contribution in [3.05, 3.63) is 70.5 Å². The molecule has 1 amide bonds. The predicted molar refractivity (Wildman–Crippen MR) is 117 cm³/mol. The first kappa shape index (κ1) is 22.8. The van der Waals surface area contributed by atoms with Gasteiger partial charge >= 0.3 is 0 Å². The van der Waals surface area contributed by atoms with Gasteiger partial charge in [-0.2, -0.15) is 0 Å². The van der Waals surface area contributed by atoms with E-state index in [4.69, 9.17) is 14.2 Å². The van der Waals surface area contributed by atoms with Gasteiger partial charge in [0, 0.05) is 13.0 Å². The highest BCUT2D eigenvalue weighted by Crippen LogP contribution is 2.44. The molecule has 2 heterocycles. The van der Waals surface area contributed by atoms with Gasteiger partial charge in [-0.15, -0.1) is 5.10 Å². The monoisotopic (exact) mass is 484 g/mol. The first-order valence-corrected chi connectivity index (χ1v) is 11.0. The Morgan fingerprint density at radius 2 is 2.03 bits per heavy atom. The number of aromatic nitrogens is 3. The number of carbonyl (C=O) groups excluding carboxylic acids is 2. The topological polar surface area (TPSA) is 95.8 Å². The molecule has 5 rings (SSSR count). The highest BCUT2D eigenvalue weighted by atomic mass is 19.2. The zero-order valence-corrected chi connectivity index (χ0v) is 18.8. The van der Waals surface area contributed by atoms with Crippen molar-refractivity contribution in [2.24, 2.45) is 5.92 Å². The second-order valence-electron chi connectivity index (χ2n) is 8.54. The van der Waals surface area contributed by atoms with Crippen molar-refractivity contribution in [1.29, 1.82) is 0 Å². The SMILES string of the molecule is CN(C(=O)c1cn(Cc2ccc(F)c(F)c2)nn1)C1c2cc3c(cc2CC[C@@H]1COC=O)OCO3. The summed E-state index contributed by atoms with van der Waals surface area (Å²) in [7, 11) is 1.66. The van der Waals surface area contributed by atoms with Crippen LogP contribution in [-0.2, 0) is 22.5 Å². The first-order chi connectivity index (χ1) is 16.9. The Morgan fingerprint density at radius 1 is 1.23 bits per heavy atom. The Labute approximate surface area is 199 Å². The highest BCUT2D eigenvalue weighted by molar-refractivity contribution is 5.92. The molecule has 1 aliphatic carbocycles. The summed E-state index contributed by atoms with van der Waals surface area (Å²) in [5.74, 6) is -1.15. The molecule has 0 bridgehead atoms. The van der Waals surface area contributed by atoms with Crippen LogP contribution in [0.15, 0.2) is 36.5 Å². The van der Waals surface area contributed by atoms with Crippen LogP contribution in [0.2, 0.25) is 0 Å². The molecule has 2 atom stereocenters. The van der Waals surface area contributed by atoms with E-state index in [0.717, 1.165) is 29.7 Å². The van der Waals surface area contributed by atoms with Gasteiger partial charge in [0.2, 0.25) is 6.79 Å². The predicted octanol–water partition coefficient (Wildman–Crippen LogP) is 2.88. The summed E-state index contributed by atoms with van der Waals surface area (Å²) >= 11 is 0. The third kappa shape index (κ3) is 4.41.